The minimum absolute atomic E-state index is 0.0106. The highest BCUT2D eigenvalue weighted by atomic mass is 79.9. The molecule has 0 fully saturated rings. The highest BCUT2D eigenvalue weighted by Gasteiger charge is 2.19. The van der Waals surface area contributed by atoms with Crippen molar-refractivity contribution in [2.75, 3.05) is 4.72 Å². The Balaban J connectivity index is 2.38. The first-order valence-corrected chi connectivity index (χ1v) is 8.26. The average Bonchev–Trinajstić information content (AvgIpc) is 2.37. The maximum Gasteiger partial charge on any atom is 0.335 e. The van der Waals surface area contributed by atoms with Crippen LogP contribution in [0.3, 0.4) is 0 Å². The molecule has 0 amide bonds. The molecule has 0 unspecified atom stereocenters. The van der Waals surface area contributed by atoms with Gasteiger partial charge in [-0.3, -0.25) is 4.72 Å². The first-order chi connectivity index (χ1) is 9.79. The Hall–Kier alpha value is -1.57. The molecule has 0 saturated heterocycles. The molecule has 0 aliphatic heterocycles. The van der Waals surface area contributed by atoms with E-state index >= 15 is 0 Å². The summed E-state index contributed by atoms with van der Waals surface area (Å²) >= 11 is 8.87. The van der Waals surface area contributed by atoms with E-state index in [2.05, 4.69) is 20.7 Å². The van der Waals surface area contributed by atoms with E-state index in [-0.39, 0.29) is 14.9 Å². The van der Waals surface area contributed by atoms with Crippen LogP contribution in [-0.4, -0.2) is 19.5 Å². The molecule has 0 radical (unpaired) electrons. The molecule has 2 aromatic carbocycles. The van der Waals surface area contributed by atoms with Crippen molar-refractivity contribution in [3.8, 4) is 0 Å². The molecule has 8 heteroatoms. The smallest absolute Gasteiger partial charge is 0.335 e. The van der Waals surface area contributed by atoms with Crippen molar-refractivity contribution < 1.29 is 18.3 Å². The Labute approximate surface area is 134 Å². The number of carbonyl (C=O) groups is 1. The quantitative estimate of drug-likeness (QED) is 0.835. The Bertz CT molecular complexity index is 808. The SMILES string of the molecule is O=C(O)c1ccc(S(=O)(=O)Nc2cccc(Cl)c2)c(Br)c1. The van der Waals surface area contributed by atoms with Crippen LogP contribution in [0.1, 0.15) is 10.4 Å². The Kier molecular flexibility index (Phi) is 4.55. The molecule has 0 aliphatic carbocycles. The molecule has 0 bridgehead atoms. The molecule has 21 heavy (non-hydrogen) atoms. The molecule has 0 atom stereocenters. The van der Waals surface area contributed by atoms with Crippen LogP contribution in [0, 0.1) is 0 Å². The number of rotatable bonds is 4. The summed E-state index contributed by atoms with van der Waals surface area (Å²) in [5.74, 6) is -1.14. The van der Waals surface area contributed by atoms with Gasteiger partial charge in [-0.05, 0) is 52.3 Å². The van der Waals surface area contributed by atoms with Crippen LogP contribution in [0.25, 0.3) is 0 Å². The molecular formula is C13H9BrClNO4S. The van der Waals surface area contributed by atoms with Crippen LogP contribution >= 0.6 is 27.5 Å². The van der Waals surface area contributed by atoms with E-state index in [0.29, 0.717) is 10.7 Å². The van der Waals surface area contributed by atoms with Gasteiger partial charge in [0.1, 0.15) is 4.90 Å². The summed E-state index contributed by atoms with van der Waals surface area (Å²) in [7, 11) is -3.85. The molecule has 2 aromatic rings. The number of carboxylic acid groups (broad SMARTS) is 1. The number of aromatic carboxylic acids is 1. The number of hydrogen-bond acceptors (Lipinski definition) is 3. The van der Waals surface area contributed by atoms with Crippen LogP contribution in [-0.2, 0) is 10.0 Å². The zero-order chi connectivity index (χ0) is 15.6. The zero-order valence-corrected chi connectivity index (χ0v) is 13.5. The third-order valence-electron chi connectivity index (χ3n) is 2.55. The first kappa shape index (κ1) is 15.8. The van der Waals surface area contributed by atoms with Crippen molar-refractivity contribution in [3.05, 3.63) is 57.5 Å². The predicted molar refractivity (Wildman–Crippen MR) is 83.4 cm³/mol. The van der Waals surface area contributed by atoms with Crippen molar-refractivity contribution in [2.45, 2.75) is 4.90 Å². The van der Waals surface area contributed by atoms with Gasteiger partial charge in [-0.2, -0.15) is 0 Å². The lowest BCUT2D eigenvalue weighted by Crippen LogP contribution is -2.14. The summed E-state index contributed by atoms with van der Waals surface area (Å²) in [6, 6.07) is 9.94. The van der Waals surface area contributed by atoms with E-state index in [4.69, 9.17) is 16.7 Å². The summed E-state index contributed by atoms with van der Waals surface area (Å²) in [4.78, 5) is 10.8. The van der Waals surface area contributed by atoms with Gasteiger partial charge in [-0.25, -0.2) is 13.2 Å². The molecule has 0 aromatic heterocycles. The summed E-state index contributed by atoms with van der Waals surface area (Å²) in [5, 5.41) is 9.27. The van der Waals surface area contributed by atoms with Gasteiger partial charge < -0.3 is 5.11 Å². The fourth-order valence-corrected chi connectivity index (χ4v) is 3.93. The van der Waals surface area contributed by atoms with Gasteiger partial charge in [-0.15, -0.1) is 0 Å². The maximum atomic E-state index is 12.3. The zero-order valence-electron chi connectivity index (χ0n) is 10.4. The standard InChI is InChI=1S/C13H9BrClNO4S/c14-11-6-8(13(17)18)4-5-12(11)21(19,20)16-10-3-1-2-9(15)7-10/h1-7,16H,(H,17,18). The highest BCUT2D eigenvalue weighted by molar-refractivity contribution is 9.10. The molecular weight excluding hydrogens is 382 g/mol. The lowest BCUT2D eigenvalue weighted by Gasteiger charge is -2.10. The third kappa shape index (κ3) is 3.75. The monoisotopic (exact) mass is 389 g/mol. The van der Waals surface area contributed by atoms with Crippen LogP contribution in [0.15, 0.2) is 51.8 Å². The highest BCUT2D eigenvalue weighted by Crippen LogP contribution is 2.26. The molecule has 0 spiro atoms. The van der Waals surface area contributed by atoms with E-state index in [1.807, 2.05) is 0 Å². The van der Waals surface area contributed by atoms with Crippen LogP contribution in [0.4, 0.5) is 5.69 Å². The summed E-state index contributed by atoms with van der Waals surface area (Å²) in [6.45, 7) is 0. The van der Waals surface area contributed by atoms with Crippen molar-refractivity contribution in [3.63, 3.8) is 0 Å². The van der Waals surface area contributed by atoms with Gasteiger partial charge in [0.2, 0.25) is 0 Å². The van der Waals surface area contributed by atoms with Crippen LogP contribution < -0.4 is 4.72 Å². The topological polar surface area (TPSA) is 83.5 Å². The Morgan fingerprint density at radius 3 is 2.48 bits per heavy atom. The van der Waals surface area contributed by atoms with Gasteiger partial charge in [0.25, 0.3) is 10.0 Å². The third-order valence-corrected chi connectivity index (χ3v) is 5.14. The number of carboxylic acids is 1. The van der Waals surface area contributed by atoms with E-state index < -0.39 is 16.0 Å². The second kappa shape index (κ2) is 6.05. The molecule has 5 nitrogen and oxygen atoms in total. The second-order valence-electron chi connectivity index (χ2n) is 4.07. The number of sulfonamides is 1. The van der Waals surface area contributed by atoms with Crippen molar-refractivity contribution in [2.24, 2.45) is 0 Å². The summed E-state index contributed by atoms with van der Waals surface area (Å²) < 4.78 is 27.1. The number of nitrogens with one attached hydrogen (secondary N) is 1. The van der Waals surface area contributed by atoms with Gasteiger partial charge in [0, 0.05) is 9.50 Å². The molecule has 2 N–H and O–H groups in total. The Morgan fingerprint density at radius 1 is 1.19 bits per heavy atom. The van der Waals surface area contributed by atoms with Crippen molar-refractivity contribution >= 4 is 49.2 Å². The van der Waals surface area contributed by atoms with E-state index in [1.165, 1.54) is 24.3 Å². The minimum atomic E-state index is -3.85. The average molecular weight is 391 g/mol. The lowest BCUT2D eigenvalue weighted by atomic mass is 10.2. The summed E-state index contributed by atoms with van der Waals surface area (Å²) in [5.41, 5.74) is 0.306. The first-order valence-electron chi connectivity index (χ1n) is 5.61. The van der Waals surface area contributed by atoms with Gasteiger partial charge in [-0.1, -0.05) is 17.7 Å². The van der Waals surface area contributed by atoms with Crippen LogP contribution in [0.2, 0.25) is 5.02 Å². The number of anilines is 1. The molecule has 0 aliphatic rings. The van der Waals surface area contributed by atoms with E-state index in [9.17, 15) is 13.2 Å². The lowest BCUT2D eigenvalue weighted by molar-refractivity contribution is 0.0696. The fraction of sp³-hybridized carbons (Fsp3) is 0. The molecule has 2 rings (SSSR count). The van der Waals surface area contributed by atoms with Crippen molar-refractivity contribution in [1.82, 2.24) is 0 Å². The second-order valence-corrected chi connectivity index (χ2v) is 7.01. The van der Waals surface area contributed by atoms with E-state index in [0.717, 1.165) is 0 Å². The molecule has 0 heterocycles. The van der Waals surface area contributed by atoms with E-state index in [1.54, 1.807) is 18.2 Å². The number of hydrogen-bond donors (Lipinski definition) is 2. The van der Waals surface area contributed by atoms with Gasteiger partial charge >= 0.3 is 5.97 Å². The normalized spacial score (nSPS) is 11.1. The molecule has 0 saturated carbocycles. The minimum Gasteiger partial charge on any atom is -0.478 e. The summed E-state index contributed by atoms with van der Waals surface area (Å²) in [6.07, 6.45) is 0. The van der Waals surface area contributed by atoms with Crippen molar-refractivity contribution in [1.29, 1.82) is 0 Å². The van der Waals surface area contributed by atoms with Gasteiger partial charge in [0.05, 0.1) is 11.3 Å². The van der Waals surface area contributed by atoms with Gasteiger partial charge in [0.15, 0.2) is 0 Å². The predicted octanol–water partition coefficient (Wildman–Crippen LogP) is 3.60. The maximum absolute atomic E-state index is 12.3. The molecule has 110 valence electrons. The number of benzene rings is 2. The fourth-order valence-electron chi connectivity index (χ4n) is 1.61. The number of halogens is 2. The van der Waals surface area contributed by atoms with Crippen LogP contribution in [0.5, 0.6) is 0 Å². The Morgan fingerprint density at radius 2 is 1.90 bits per heavy atom. The largest absolute Gasteiger partial charge is 0.478 e.